The van der Waals surface area contributed by atoms with E-state index in [9.17, 15) is 9.59 Å². The van der Waals surface area contributed by atoms with Gasteiger partial charge in [-0.2, -0.15) is 0 Å². The van der Waals surface area contributed by atoms with Crippen LogP contribution in [0.15, 0.2) is 78.0 Å². The number of hydrogen-bond acceptors (Lipinski definition) is 9. The Bertz CT molecular complexity index is 1860. The zero-order valence-corrected chi connectivity index (χ0v) is 22.2. The molecule has 0 radical (unpaired) electrons. The van der Waals surface area contributed by atoms with Gasteiger partial charge in [0.15, 0.2) is 0 Å². The van der Waals surface area contributed by atoms with Gasteiger partial charge in [0.2, 0.25) is 0 Å². The fourth-order valence-electron chi connectivity index (χ4n) is 4.10. The molecule has 3 aromatic heterocycles. The third-order valence-corrected chi connectivity index (χ3v) is 6.32. The van der Waals surface area contributed by atoms with Crippen molar-refractivity contribution < 1.29 is 9.53 Å². The molecule has 0 aliphatic heterocycles. The molecular formula is C29H22ClN7O3. The SMILES string of the molecule is COC(=O)c1ccnc(C#Cc2c(N)ncnc2NC(C)c2nc3cccc(Cl)c3c(=O)n2-c2ccccc2)c1. The minimum absolute atomic E-state index is 0.139. The molecule has 0 amide bonds. The van der Waals surface area contributed by atoms with Crippen LogP contribution in [0.2, 0.25) is 5.02 Å². The van der Waals surface area contributed by atoms with E-state index in [1.165, 1.54) is 36.3 Å². The molecule has 3 N–H and O–H groups in total. The zero-order valence-electron chi connectivity index (χ0n) is 21.4. The Morgan fingerprint density at radius 2 is 1.88 bits per heavy atom. The fourth-order valence-corrected chi connectivity index (χ4v) is 4.35. The van der Waals surface area contributed by atoms with E-state index >= 15 is 0 Å². The summed E-state index contributed by atoms with van der Waals surface area (Å²) in [5.41, 5.74) is 7.91. The number of aromatic nitrogens is 5. The maximum atomic E-state index is 13.7. The van der Waals surface area contributed by atoms with Crippen LogP contribution < -0.4 is 16.6 Å². The van der Waals surface area contributed by atoms with Crippen molar-refractivity contribution in [2.75, 3.05) is 18.2 Å². The van der Waals surface area contributed by atoms with Crippen LogP contribution in [0.1, 0.15) is 40.4 Å². The highest BCUT2D eigenvalue weighted by atomic mass is 35.5. The smallest absolute Gasteiger partial charge is 0.338 e. The molecular weight excluding hydrogens is 530 g/mol. The van der Waals surface area contributed by atoms with E-state index < -0.39 is 12.0 Å². The maximum Gasteiger partial charge on any atom is 0.338 e. The Morgan fingerprint density at radius 3 is 2.65 bits per heavy atom. The lowest BCUT2D eigenvalue weighted by Gasteiger charge is -2.21. The second-order valence-corrected chi connectivity index (χ2v) is 9.01. The van der Waals surface area contributed by atoms with E-state index in [2.05, 4.69) is 32.1 Å². The van der Waals surface area contributed by atoms with Gasteiger partial charge in [-0.3, -0.25) is 9.36 Å². The van der Waals surface area contributed by atoms with Crippen molar-refractivity contribution >= 4 is 40.1 Å². The van der Waals surface area contributed by atoms with Crippen LogP contribution in [0.3, 0.4) is 0 Å². The Morgan fingerprint density at radius 1 is 1.07 bits per heavy atom. The Hall–Kier alpha value is -5.27. The lowest BCUT2D eigenvalue weighted by Crippen LogP contribution is -2.27. The van der Waals surface area contributed by atoms with Crippen molar-refractivity contribution in [3.8, 4) is 17.5 Å². The molecule has 0 fully saturated rings. The van der Waals surface area contributed by atoms with Crippen LogP contribution in [-0.4, -0.2) is 37.6 Å². The molecule has 0 aliphatic carbocycles. The molecule has 3 heterocycles. The number of nitrogens with zero attached hydrogens (tertiary/aromatic N) is 5. The summed E-state index contributed by atoms with van der Waals surface area (Å²) in [5.74, 6) is 6.24. The number of benzene rings is 2. The van der Waals surface area contributed by atoms with Gasteiger partial charge in [0.1, 0.15) is 35.0 Å². The maximum absolute atomic E-state index is 13.7. The molecule has 40 heavy (non-hydrogen) atoms. The number of ether oxygens (including phenoxy) is 1. The lowest BCUT2D eigenvalue weighted by molar-refractivity contribution is 0.0600. The van der Waals surface area contributed by atoms with Crippen LogP contribution in [0, 0.1) is 11.8 Å². The van der Waals surface area contributed by atoms with E-state index in [-0.39, 0.29) is 11.4 Å². The van der Waals surface area contributed by atoms with Gasteiger partial charge < -0.3 is 15.8 Å². The van der Waals surface area contributed by atoms with E-state index in [0.717, 1.165) is 0 Å². The molecule has 2 aromatic carbocycles. The summed E-state index contributed by atoms with van der Waals surface area (Å²) < 4.78 is 6.28. The number of anilines is 2. The van der Waals surface area contributed by atoms with Crippen LogP contribution >= 0.6 is 11.6 Å². The van der Waals surface area contributed by atoms with Gasteiger partial charge in [0.05, 0.1) is 40.3 Å². The van der Waals surface area contributed by atoms with Gasteiger partial charge in [0.25, 0.3) is 5.56 Å². The van der Waals surface area contributed by atoms with Gasteiger partial charge >= 0.3 is 5.97 Å². The molecule has 1 unspecified atom stereocenters. The summed E-state index contributed by atoms with van der Waals surface area (Å²) in [5, 5.41) is 3.92. The normalized spacial score (nSPS) is 11.4. The van der Waals surface area contributed by atoms with Gasteiger partial charge in [-0.15, -0.1) is 0 Å². The summed E-state index contributed by atoms with van der Waals surface area (Å²) in [6.07, 6.45) is 2.77. The average Bonchev–Trinajstić information content (AvgIpc) is 2.97. The van der Waals surface area contributed by atoms with E-state index in [4.69, 9.17) is 27.1 Å². The number of carbonyl (C=O) groups excluding carboxylic acids is 1. The van der Waals surface area contributed by atoms with Gasteiger partial charge in [-0.1, -0.05) is 41.8 Å². The predicted molar refractivity (Wildman–Crippen MR) is 152 cm³/mol. The number of hydrogen-bond donors (Lipinski definition) is 2. The quantitative estimate of drug-likeness (QED) is 0.243. The Balaban J connectivity index is 1.58. The molecule has 1 atom stereocenters. The monoisotopic (exact) mass is 551 g/mol. The van der Waals surface area contributed by atoms with Gasteiger partial charge in [-0.05, 0) is 49.2 Å². The summed E-state index contributed by atoms with van der Waals surface area (Å²) >= 11 is 6.40. The number of esters is 1. The number of carbonyl (C=O) groups is 1. The Labute approximate surface area is 233 Å². The third kappa shape index (κ3) is 5.18. The minimum atomic E-state index is -0.535. The largest absolute Gasteiger partial charge is 0.465 e. The summed E-state index contributed by atoms with van der Waals surface area (Å²) in [4.78, 5) is 43.0. The highest BCUT2D eigenvalue weighted by Gasteiger charge is 2.21. The number of pyridine rings is 1. The van der Waals surface area contributed by atoms with Crippen molar-refractivity contribution in [3.63, 3.8) is 0 Å². The first-order valence-electron chi connectivity index (χ1n) is 12.1. The van der Waals surface area contributed by atoms with Crippen molar-refractivity contribution in [2.45, 2.75) is 13.0 Å². The fraction of sp³-hybridized carbons (Fsp3) is 0.103. The number of nitrogen functional groups attached to an aromatic ring is 1. The molecule has 0 aliphatic rings. The van der Waals surface area contributed by atoms with Crippen LogP contribution in [-0.2, 0) is 4.74 Å². The predicted octanol–water partition coefficient (Wildman–Crippen LogP) is 4.17. The van der Waals surface area contributed by atoms with Crippen molar-refractivity contribution in [3.05, 3.63) is 111 Å². The summed E-state index contributed by atoms with van der Waals surface area (Å²) in [7, 11) is 1.30. The number of methoxy groups -OCH3 is 1. The molecule has 0 saturated carbocycles. The average molecular weight is 552 g/mol. The zero-order chi connectivity index (χ0) is 28.2. The number of fused-ring (bicyclic) bond motifs is 1. The van der Waals surface area contributed by atoms with Gasteiger partial charge in [0, 0.05) is 6.20 Å². The molecule has 5 rings (SSSR count). The lowest BCUT2D eigenvalue weighted by atomic mass is 10.2. The number of para-hydroxylation sites is 1. The van der Waals surface area contributed by atoms with Crippen LogP contribution in [0.4, 0.5) is 11.6 Å². The second kappa shape index (κ2) is 11.2. The number of nitrogens with two attached hydrogens (primary N) is 1. The first-order chi connectivity index (χ1) is 19.4. The molecule has 198 valence electrons. The first-order valence-corrected chi connectivity index (χ1v) is 12.4. The first kappa shape index (κ1) is 26.3. The molecule has 0 spiro atoms. The molecule has 0 bridgehead atoms. The van der Waals surface area contributed by atoms with Crippen LogP contribution in [0.5, 0.6) is 0 Å². The van der Waals surface area contributed by atoms with Crippen molar-refractivity contribution in [1.82, 2.24) is 24.5 Å². The molecule has 5 aromatic rings. The minimum Gasteiger partial charge on any atom is -0.465 e. The van der Waals surface area contributed by atoms with Crippen molar-refractivity contribution in [1.29, 1.82) is 0 Å². The summed E-state index contributed by atoms with van der Waals surface area (Å²) in [6.45, 7) is 1.84. The van der Waals surface area contributed by atoms with Crippen molar-refractivity contribution in [2.24, 2.45) is 0 Å². The highest BCUT2D eigenvalue weighted by Crippen LogP contribution is 2.26. The number of halogens is 1. The molecule has 0 saturated heterocycles. The highest BCUT2D eigenvalue weighted by molar-refractivity contribution is 6.35. The number of rotatable bonds is 5. The van der Waals surface area contributed by atoms with E-state index in [1.807, 2.05) is 37.3 Å². The third-order valence-electron chi connectivity index (χ3n) is 6.00. The van der Waals surface area contributed by atoms with Crippen LogP contribution in [0.25, 0.3) is 16.6 Å². The van der Waals surface area contributed by atoms with E-state index in [0.29, 0.717) is 50.1 Å². The second-order valence-electron chi connectivity index (χ2n) is 8.60. The van der Waals surface area contributed by atoms with Gasteiger partial charge in [-0.25, -0.2) is 24.7 Å². The summed E-state index contributed by atoms with van der Waals surface area (Å²) in [6, 6.07) is 16.8. The molecule has 10 nitrogen and oxygen atoms in total. The van der Waals surface area contributed by atoms with E-state index in [1.54, 1.807) is 18.2 Å². The molecule has 11 heteroatoms. The topological polar surface area (TPSA) is 138 Å². The standard InChI is InChI=1S/C29H22ClN7O3/c1-17(27-36-23-10-6-9-22(30)24(23)28(38)37(27)20-7-4-3-5-8-20)35-26-21(25(31)33-16-34-26)12-11-19-15-18(13-14-32-19)29(39)40-2/h3-10,13-17H,1-2H3,(H3,31,33,34,35). The number of nitrogens with one attached hydrogen (secondary N) is 1. The Kier molecular flexibility index (Phi) is 7.39.